The van der Waals surface area contributed by atoms with Crippen molar-refractivity contribution in [3.63, 3.8) is 0 Å². The van der Waals surface area contributed by atoms with Crippen LogP contribution in [0.25, 0.3) is 10.9 Å². The molecule has 0 bridgehead atoms. The van der Waals surface area contributed by atoms with Gasteiger partial charge in [-0.15, -0.1) is 0 Å². The van der Waals surface area contributed by atoms with E-state index in [9.17, 15) is 4.79 Å². The first-order valence-corrected chi connectivity index (χ1v) is 7.81. The summed E-state index contributed by atoms with van der Waals surface area (Å²) in [5, 5.41) is 1.38. The monoisotopic (exact) mass is 419 g/mol. The maximum Gasteiger partial charge on any atom is 0.275 e. The third kappa shape index (κ3) is 3.38. The number of carbonyl (C=O) groups is 1. The first-order chi connectivity index (χ1) is 9.95. The van der Waals surface area contributed by atoms with Crippen molar-refractivity contribution in [3.8, 4) is 5.75 Å². The lowest BCUT2D eigenvalue weighted by Crippen LogP contribution is -2.45. The molecule has 0 aliphatic rings. The minimum Gasteiger partial charge on any atom is -0.477 e. The van der Waals surface area contributed by atoms with Gasteiger partial charge in [-0.3, -0.25) is 15.2 Å². The summed E-state index contributed by atoms with van der Waals surface area (Å²) in [6, 6.07) is 5.46. The highest BCUT2D eigenvalue weighted by Gasteiger charge is 2.26. The molecule has 0 radical (unpaired) electrons. The highest BCUT2D eigenvalue weighted by Crippen LogP contribution is 2.35. The molecule has 1 aromatic carbocycles. The van der Waals surface area contributed by atoms with E-state index in [1.54, 1.807) is 18.3 Å². The number of aromatic nitrogens is 1. The zero-order valence-corrected chi connectivity index (χ0v) is 14.5. The highest BCUT2D eigenvalue weighted by molar-refractivity contribution is 14.1. The van der Waals surface area contributed by atoms with Crippen LogP contribution in [0.3, 0.4) is 0 Å². The highest BCUT2D eigenvalue weighted by atomic mass is 127. The largest absolute Gasteiger partial charge is 0.477 e. The number of fused-ring (bicyclic) bond motifs is 1. The molecule has 112 valence electrons. The van der Waals surface area contributed by atoms with Crippen molar-refractivity contribution in [3.05, 3.63) is 33.0 Å². The van der Waals surface area contributed by atoms with Gasteiger partial charge in [-0.05, 0) is 46.7 Å². The van der Waals surface area contributed by atoms with E-state index in [0.29, 0.717) is 16.3 Å². The van der Waals surface area contributed by atoms with Crippen LogP contribution in [0.5, 0.6) is 5.75 Å². The van der Waals surface area contributed by atoms with E-state index in [-0.39, 0.29) is 11.8 Å². The molecule has 1 amide bonds. The minimum absolute atomic E-state index is 0.0428. The Kier molecular flexibility index (Phi) is 5.23. The fourth-order valence-electron chi connectivity index (χ4n) is 1.96. The van der Waals surface area contributed by atoms with Crippen molar-refractivity contribution in [2.75, 3.05) is 0 Å². The van der Waals surface area contributed by atoms with Crippen LogP contribution >= 0.6 is 34.2 Å². The van der Waals surface area contributed by atoms with E-state index < -0.39 is 6.10 Å². The minimum atomic E-state index is -0.699. The summed E-state index contributed by atoms with van der Waals surface area (Å²) in [5.74, 6) is 5.34. The first kappa shape index (κ1) is 16.3. The Morgan fingerprint density at radius 3 is 2.86 bits per heavy atom. The average Bonchev–Trinajstić information content (AvgIpc) is 2.46. The summed E-state index contributed by atoms with van der Waals surface area (Å²) >= 11 is 8.34. The Morgan fingerprint density at radius 1 is 1.52 bits per heavy atom. The van der Waals surface area contributed by atoms with Gasteiger partial charge in [0.15, 0.2) is 11.9 Å². The normalized spacial score (nSPS) is 12.5. The van der Waals surface area contributed by atoms with Gasteiger partial charge in [0.2, 0.25) is 0 Å². The predicted molar refractivity (Wildman–Crippen MR) is 91.1 cm³/mol. The molecule has 0 fully saturated rings. The Balaban J connectivity index is 2.53. The number of nitrogens with one attached hydrogen (secondary N) is 1. The van der Waals surface area contributed by atoms with Gasteiger partial charge in [0.25, 0.3) is 5.91 Å². The number of pyridine rings is 1. The third-order valence-electron chi connectivity index (χ3n) is 3.00. The quantitative estimate of drug-likeness (QED) is 0.346. The molecule has 2 rings (SSSR count). The molecule has 0 spiro atoms. The number of ether oxygens (including phenoxy) is 1. The average molecular weight is 420 g/mol. The molecule has 0 aliphatic carbocycles. The smallest absolute Gasteiger partial charge is 0.275 e. The molecule has 1 unspecified atom stereocenters. The van der Waals surface area contributed by atoms with E-state index in [4.69, 9.17) is 22.2 Å². The van der Waals surface area contributed by atoms with Gasteiger partial charge in [-0.2, -0.15) is 0 Å². The number of hydrazine groups is 1. The second-order valence-electron chi connectivity index (χ2n) is 4.86. The van der Waals surface area contributed by atoms with Gasteiger partial charge in [0.05, 0.1) is 8.59 Å². The van der Waals surface area contributed by atoms with Crippen molar-refractivity contribution in [2.45, 2.75) is 20.0 Å². The van der Waals surface area contributed by atoms with E-state index in [1.807, 2.05) is 19.9 Å². The lowest BCUT2D eigenvalue weighted by Gasteiger charge is -2.22. The van der Waals surface area contributed by atoms with Crippen LogP contribution in [0.2, 0.25) is 5.02 Å². The summed E-state index contributed by atoms with van der Waals surface area (Å²) < 4.78 is 6.70. The maximum atomic E-state index is 11.9. The standard InChI is InChI=1S/C14H15ClIN3O2/c1-7(2)12(14(20)19-17)21-13-10(16)6-9(15)8-4-3-5-18-11(8)13/h3-7,12H,17H2,1-2H3,(H,19,20). The Labute approximate surface area is 141 Å². The Morgan fingerprint density at radius 2 is 2.24 bits per heavy atom. The molecule has 2 aromatic rings. The molecule has 0 saturated carbocycles. The van der Waals surface area contributed by atoms with Gasteiger partial charge in [0, 0.05) is 11.6 Å². The van der Waals surface area contributed by atoms with Gasteiger partial charge < -0.3 is 4.74 Å². The fraction of sp³-hybridized carbons (Fsp3) is 0.286. The fourth-order valence-corrected chi connectivity index (χ4v) is 3.10. The van der Waals surface area contributed by atoms with Crippen molar-refractivity contribution < 1.29 is 9.53 Å². The van der Waals surface area contributed by atoms with Gasteiger partial charge >= 0.3 is 0 Å². The summed E-state index contributed by atoms with van der Waals surface area (Å²) in [6.45, 7) is 3.77. The van der Waals surface area contributed by atoms with Crippen molar-refractivity contribution in [1.82, 2.24) is 10.4 Å². The van der Waals surface area contributed by atoms with E-state index >= 15 is 0 Å². The van der Waals surface area contributed by atoms with Gasteiger partial charge in [-0.1, -0.05) is 25.4 Å². The lowest BCUT2D eigenvalue weighted by atomic mass is 10.1. The second-order valence-corrected chi connectivity index (χ2v) is 6.43. The van der Waals surface area contributed by atoms with Crippen LogP contribution in [0.15, 0.2) is 24.4 Å². The van der Waals surface area contributed by atoms with Crippen LogP contribution in [-0.2, 0) is 4.79 Å². The number of hydrogen-bond acceptors (Lipinski definition) is 4. The van der Waals surface area contributed by atoms with Crippen LogP contribution in [-0.4, -0.2) is 17.0 Å². The molecule has 1 atom stereocenters. The summed E-state index contributed by atoms with van der Waals surface area (Å²) in [5.41, 5.74) is 2.76. The zero-order valence-electron chi connectivity index (χ0n) is 11.6. The van der Waals surface area contributed by atoms with E-state index in [1.165, 1.54) is 0 Å². The maximum absolute atomic E-state index is 11.9. The van der Waals surface area contributed by atoms with Crippen LogP contribution in [0.1, 0.15) is 13.8 Å². The number of nitrogens with zero attached hydrogens (tertiary/aromatic N) is 1. The topological polar surface area (TPSA) is 77.2 Å². The molecule has 1 heterocycles. The molecule has 3 N–H and O–H groups in total. The van der Waals surface area contributed by atoms with E-state index in [2.05, 4.69) is 33.0 Å². The number of benzene rings is 1. The first-order valence-electron chi connectivity index (χ1n) is 6.35. The molecule has 7 heteroatoms. The van der Waals surface area contributed by atoms with Crippen molar-refractivity contribution >= 4 is 51.0 Å². The summed E-state index contributed by atoms with van der Waals surface area (Å²) in [7, 11) is 0. The third-order valence-corrected chi connectivity index (χ3v) is 4.12. The zero-order chi connectivity index (χ0) is 15.6. The number of hydrogen-bond donors (Lipinski definition) is 2. The molecule has 5 nitrogen and oxygen atoms in total. The van der Waals surface area contributed by atoms with Crippen molar-refractivity contribution in [2.24, 2.45) is 11.8 Å². The molecular formula is C14H15ClIN3O2. The number of amides is 1. The predicted octanol–water partition coefficient (Wildman–Crippen LogP) is 2.89. The number of halogens is 2. The summed E-state index contributed by atoms with van der Waals surface area (Å²) in [4.78, 5) is 16.2. The van der Waals surface area contributed by atoms with Crippen LogP contribution in [0.4, 0.5) is 0 Å². The molecule has 0 aliphatic heterocycles. The summed E-state index contributed by atoms with van der Waals surface area (Å²) in [6.07, 6.45) is 0.963. The van der Waals surface area contributed by atoms with Gasteiger partial charge in [0.1, 0.15) is 5.52 Å². The lowest BCUT2D eigenvalue weighted by molar-refractivity contribution is -0.129. The molecular weight excluding hydrogens is 405 g/mol. The molecule has 0 saturated heterocycles. The van der Waals surface area contributed by atoms with Crippen LogP contribution < -0.4 is 16.0 Å². The number of carbonyl (C=O) groups excluding carboxylic acids is 1. The number of rotatable bonds is 4. The Hall–Kier alpha value is -1.12. The van der Waals surface area contributed by atoms with Gasteiger partial charge in [-0.25, -0.2) is 5.84 Å². The van der Waals surface area contributed by atoms with E-state index in [0.717, 1.165) is 8.96 Å². The van der Waals surface area contributed by atoms with Crippen molar-refractivity contribution in [1.29, 1.82) is 0 Å². The molecule has 1 aromatic heterocycles. The number of nitrogens with two attached hydrogens (primary N) is 1. The SMILES string of the molecule is CC(C)C(Oc1c(I)cc(Cl)c2cccnc12)C(=O)NN. The van der Waals surface area contributed by atoms with Crippen LogP contribution in [0, 0.1) is 9.49 Å². The second kappa shape index (κ2) is 6.76. The Bertz CT molecular complexity index is 679. The molecule has 21 heavy (non-hydrogen) atoms.